The molecule has 25 heavy (non-hydrogen) atoms. The van der Waals surface area contributed by atoms with Crippen LogP contribution in [0.15, 0.2) is 47.4 Å². The van der Waals surface area contributed by atoms with E-state index in [1.165, 1.54) is 30.3 Å². The number of carboxylic acids is 1. The number of carbonyl (C=O) groups is 1. The van der Waals surface area contributed by atoms with E-state index in [0.29, 0.717) is 5.69 Å². The van der Waals surface area contributed by atoms with Crippen molar-refractivity contribution in [2.75, 3.05) is 22.7 Å². The molecule has 0 aromatic heterocycles. The molecule has 2 aromatic carbocycles. The van der Waals surface area contributed by atoms with Crippen molar-refractivity contribution in [2.45, 2.75) is 17.7 Å². The van der Waals surface area contributed by atoms with Crippen LogP contribution in [0.3, 0.4) is 0 Å². The SMILES string of the molecule is O=C(O)c1ccc(S(=O)(=O)Nc2ccc(N3CCCC3)c(F)c2)cc1. The fraction of sp³-hybridized carbons (Fsp3) is 0.235. The Labute approximate surface area is 144 Å². The lowest BCUT2D eigenvalue weighted by Crippen LogP contribution is -2.19. The van der Waals surface area contributed by atoms with Crippen LogP contribution in [0.25, 0.3) is 0 Å². The highest BCUT2D eigenvalue weighted by Crippen LogP contribution is 2.27. The third-order valence-electron chi connectivity index (χ3n) is 4.06. The van der Waals surface area contributed by atoms with Gasteiger partial charge in [0.15, 0.2) is 0 Å². The Kier molecular flexibility index (Phi) is 4.63. The van der Waals surface area contributed by atoms with Crippen LogP contribution >= 0.6 is 0 Å². The zero-order valence-corrected chi connectivity index (χ0v) is 14.1. The first-order valence-corrected chi connectivity index (χ1v) is 9.26. The summed E-state index contributed by atoms with van der Waals surface area (Å²) in [5, 5.41) is 8.85. The molecule has 132 valence electrons. The van der Waals surface area contributed by atoms with Crippen LogP contribution in [-0.2, 0) is 10.0 Å². The molecule has 1 fully saturated rings. The second kappa shape index (κ2) is 6.72. The summed E-state index contributed by atoms with van der Waals surface area (Å²) in [5.41, 5.74) is 0.564. The number of hydrogen-bond donors (Lipinski definition) is 2. The average Bonchev–Trinajstić information content (AvgIpc) is 3.09. The minimum atomic E-state index is -3.93. The molecule has 1 heterocycles. The maximum atomic E-state index is 14.3. The number of sulfonamides is 1. The van der Waals surface area contributed by atoms with Gasteiger partial charge in [-0.25, -0.2) is 17.6 Å². The molecule has 1 aliphatic rings. The van der Waals surface area contributed by atoms with Gasteiger partial charge in [0, 0.05) is 19.2 Å². The summed E-state index contributed by atoms with van der Waals surface area (Å²) in [7, 11) is -3.93. The molecule has 0 radical (unpaired) electrons. The van der Waals surface area contributed by atoms with Crippen LogP contribution in [0.2, 0.25) is 0 Å². The van der Waals surface area contributed by atoms with E-state index >= 15 is 0 Å². The standard InChI is InChI=1S/C17H17FN2O4S/c18-15-11-13(5-8-16(15)20-9-1-2-10-20)19-25(23,24)14-6-3-12(4-7-14)17(21)22/h3-8,11,19H,1-2,9-10H2,(H,21,22). The number of anilines is 2. The Morgan fingerprint density at radius 3 is 2.28 bits per heavy atom. The number of benzene rings is 2. The van der Waals surface area contributed by atoms with Crippen molar-refractivity contribution in [3.05, 3.63) is 53.8 Å². The van der Waals surface area contributed by atoms with E-state index in [0.717, 1.165) is 32.0 Å². The van der Waals surface area contributed by atoms with Crippen LogP contribution in [-0.4, -0.2) is 32.6 Å². The number of rotatable bonds is 5. The molecule has 0 aliphatic carbocycles. The van der Waals surface area contributed by atoms with Gasteiger partial charge in [0.2, 0.25) is 0 Å². The van der Waals surface area contributed by atoms with Crippen molar-refractivity contribution in [3.63, 3.8) is 0 Å². The molecule has 0 atom stereocenters. The minimum Gasteiger partial charge on any atom is -0.478 e. The van der Waals surface area contributed by atoms with Crippen molar-refractivity contribution in [2.24, 2.45) is 0 Å². The smallest absolute Gasteiger partial charge is 0.335 e. The molecule has 0 spiro atoms. The number of aromatic carboxylic acids is 1. The molecule has 2 aromatic rings. The number of nitrogens with zero attached hydrogens (tertiary/aromatic N) is 1. The van der Waals surface area contributed by atoms with E-state index in [-0.39, 0.29) is 16.1 Å². The number of halogens is 1. The predicted octanol–water partition coefficient (Wildman–Crippen LogP) is 2.92. The molecule has 8 heteroatoms. The lowest BCUT2D eigenvalue weighted by molar-refractivity contribution is 0.0696. The van der Waals surface area contributed by atoms with E-state index in [1.54, 1.807) is 6.07 Å². The summed E-state index contributed by atoms with van der Waals surface area (Å²) < 4.78 is 41.3. The van der Waals surface area contributed by atoms with Crippen LogP contribution in [0.4, 0.5) is 15.8 Å². The van der Waals surface area contributed by atoms with Crippen molar-refractivity contribution in [1.82, 2.24) is 0 Å². The Balaban J connectivity index is 1.80. The van der Waals surface area contributed by atoms with Crippen LogP contribution in [0.1, 0.15) is 23.2 Å². The largest absolute Gasteiger partial charge is 0.478 e. The Morgan fingerprint density at radius 1 is 1.08 bits per heavy atom. The molecule has 0 saturated carbocycles. The molecule has 2 N–H and O–H groups in total. The zero-order valence-electron chi connectivity index (χ0n) is 13.3. The molecule has 6 nitrogen and oxygen atoms in total. The molecular formula is C17H17FN2O4S. The molecular weight excluding hydrogens is 347 g/mol. The fourth-order valence-electron chi connectivity index (χ4n) is 2.78. The van der Waals surface area contributed by atoms with Crippen molar-refractivity contribution in [1.29, 1.82) is 0 Å². The molecule has 0 amide bonds. The summed E-state index contributed by atoms with van der Waals surface area (Å²) in [6.45, 7) is 1.58. The quantitative estimate of drug-likeness (QED) is 0.852. The summed E-state index contributed by atoms with van der Waals surface area (Å²) >= 11 is 0. The van der Waals surface area contributed by atoms with E-state index in [9.17, 15) is 17.6 Å². The Morgan fingerprint density at radius 2 is 1.72 bits per heavy atom. The average molecular weight is 364 g/mol. The van der Waals surface area contributed by atoms with Gasteiger partial charge in [0.25, 0.3) is 10.0 Å². The highest BCUT2D eigenvalue weighted by Gasteiger charge is 2.19. The van der Waals surface area contributed by atoms with Gasteiger partial charge < -0.3 is 10.0 Å². The van der Waals surface area contributed by atoms with Gasteiger partial charge in [-0.1, -0.05) is 0 Å². The predicted molar refractivity (Wildman–Crippen MR) is 92.1 cm³/mol. The zero-order chi connectivity index (χ0) is 18.0. The summed E-state index contributed by atoms with van der Waals surface area (Å²) in [6, 6.07) is 9.02. The van der Waals surface area contributed by atoms with Crippen LogP contribution < -0.4 is 9.62 Å². The first-order chi connectivity index (χ1) is 11.9. The third kappa shape index (κ3) is 3.74. The fourth-order valence-corrected chi connectivity index (χ4v) is 3.83. The monoisotopic (exact) mass is 364 g/mol. The van der Waals surface area contributed by atoms with E-state index in [1.807, 2.05) is 4.90 Å². The molecule has 3 rings (SSSR count). The summed E-state index contributed by atoms with van der Waals surface area (Å²) in [5.74, 6) is -1.63. The summed E-state index contributed by atoms with van der Waals surface area (Å²) in [4.78, 5) is 12.7. The lowest BCUT2D eigenvalue weighted by Gasteiger charge is -2.19. The highest BCUT2D eigenvalue weighted by atomic mass is 32.2. The summed E-state index contributed by atoms with van der Waals surface area (Å²) in [6.07, 6.45) is 2.03. The first kappa shape index (κ1) is 17.2. The Hall–Kier alpha value is -2.61. The van der Waals surface area contributed by atoms with Gasteiger partial charge in [-0.05, 0) is 49.2 Å². The van der Waals surface area contributed by atoms with Crippen molar-refractivity contribution in [3.8, 4) is 0 Å². The first-order valence-electron chi connectivity index (χ1n) is 7.77. The second-order valence-corrected chi connectivity index (χ2v) is 7.48. The molecule has 0 bridgehead atoms. The maximum absolute atomic E-state index is 14.3. The van der Waals surface area contributed by atoms with E-state index in [4.69, 9.17) is 5.11 Å². The number of carboxylic acid groups (broad SMARTS) is 1. The molecule has 0 unspecified atom stereocenters. The third-order valence-corrected chi connectivity index (χ3v) is 5.46. The van der Waals surface area contributed by atoms with Gasteiger partial charge in [0.1, 0.15) is 5.82 Å². The van der Waals surface area contributed by atoms with Gasteiger partial charge in [-0.3, -0.25) is 4.72 Å². The second-order valence-electron chi connectivity index (χ2n) is 5.80. The van der Waals surface area contributed by atoms with E-state index < -0.39 is 21.8 Å². The Bertz CT molecular complexity index is 891. The highest BCUT2D eigenvalue weighted by molar-refractivity contribution is 7.92. The van der Waals surface area contributed by atoms with Crippen LogP contribution in [0, 0.1) is 5.82 Å². The lowest BCUT2D eigenvalue weighted by atomic mass is 10.2. The normalized spacial score (nSPS) is 14.5. The van der Waals surface area contributed by atoms with Gasteiger partial charge >= 0.3 is 5.97 Å². The van der Waals surface area contributed by atoms with Gasteiger partial charge in [-0.15, -0.1) is 0 Å². The molecule has 1 saturated heterocycles. The van der Waals surface area contributed by atoms with E-state index in [2.05, 4.69) is 4.72 Å². The van der Waals surface area contributed by atoms with Gasteiger partial charge in [0.05, 0.1) is 21.8 Å². The molecule has 1 aliphatic heterocycles. The topological polar surface area (TPSA) is 86.7 Å². The van der Waals surface area contributed by atoms with Crippen molar-refractivity contribution >= 4 is 27.4 Å². The number of nitrogens with one attached hydrogen (secondary N) is 1. The maximum Gasteiger partial charge on any atom is 0.335 e. The van der Waals surface area contributed by atoms with Gasteiger partial charge in [-0.2, -0.15) is 0 Å². The van der Waals surface area contributed by atoms with Crippen molar-refractivity contribution < 1.29 is 22.7 Å². The number of hydrogen-bond acceptors (Lipinski definition) is 4. The minimum absolute atomic E-state index is 0.0139. The van der Waals surface area contributed by atoms with Crippen LogP contribution in [0.5, 0.6) is 0 Å².